The summed E-state index contributed by atoms with van der Waals surface area (Å²) in [6, 6.07) is 4.78. The van der Waals surface area contributed by atoms with Crippen molar-refractivity contribution >= 4 is 23.2 Å². The minimum Gasteiger partial charge on any atom is -0.359 e. The molecular formula is C14H10Cl2F3N3O. The second kappa shape index (κ2) is 6.79. The van der Waals surface area contributed by atoms with Gasteiger partial charge in [-0.15, -0.1) is 0 Å². The first kappa shape index (κ1) is 17.6. The van der Waals surface area contributed by atoms with E-state index < -0.39 is 23.0 Å². The molecule has 0 aliphatic heterocycles. The van der Waals surface area contributed by atoms with Crippen molar-refractivity contribution in [1.29, 1.82) is 5.26 Å². The predicted molar refractivity (Wildman–Crippen MR) is 79.0 cm³/mol. The van der Waals surface area contributed by atoms with E-state index >= 15 is 0 Å². The lowest BCUT2D eigenvalue weighted by atomic mass is 10.1. The van der Waals surface area contributed by atoms with Crippen molar-refractivity contribution in [3.8, 4) is 17.3 Å². The highest BCUT2D eigenvalue weighted by Crippen LogP contribution is 2.44. The van der Waals surface area contributed by atoms with Crippen molar-refractivity contribution in [3.05, 3.63) is 39.8 Å². The van der Waals surface area contributed by atoms with Crippen molar-refractivity contribution in [2.75, 3.05) is 6.61 Å². The zero-order valence-electron chi connectivity index (χ0n) is 11.7. The van der Waals surface area contributed by atoms with Crippen LogP contribution in [-0.2, 0) is 10.9 Å². The highest BCUT2D eigenvalue weighted by atomic mass is 35.5. The van der Waals surface area contributed by atoms with Crippen LogP contribution in [0.3, 0.4) is 0 Å². The molecule has 0 aromatic carbocycles. The minimum atomic E-state index is -4.72. The summed E-state index contributed by atoms with van der Waals surface area (Å²) >= 11 is 11.8. The Morgan fingerprint density at radius 3 is 2.65 bits per heavy atom. The number of aromatic nitrogens is 2. The van der Waals surface area contributed by atoms with Crippen molar-refractivity contribution < 1.29 is 17.9 Å². The van der Waals surface area contributed by atoms with Gasteiger partial charge in [0.05, 0.1) is 16.8 Å². The van der Waals surface area contributed by atoms with Gasteiger partial charge in [-0.2, -0.15) is 18.4 Å². The van der Waals surface area contributed by atoms with Crippen LogP contribution >= 0.6 is 23.2 Å². The average molecular weight is 364 g/mol. The van der Waals surface area contributed by atoms with E-state index in [9.17, 15) is 18.4 Å². The van der Waals surface area contributed by atoms with Gasteiger partial charge >= 0.3 is 6.18 Å². The van der Waals surface area contributed by atoms with Gasteiger partial charge in [0.25, 0.3) is 0 Å². The molecule has 0 spiro atoms. The smallest absolute Gasteiger partial charge is 0.359 e. The van der Waals surface area contributed by atoms with Crippen molar-refractivity contribution in [2.24, 2.45) is 0 Å². The number of nitrogens with one attached hydrogen (secondary N) is 1. The normalized spacial score (nSPS) is 12.9. The Morgan fingerprint density at radius 2 is 2.13 bits per heavy atom. The second-order valence-electron chi connectivity index (χ2n) is 4.41. The van der Waals surface area contributed by atoms with Crippen LogP contribution in [0.15, 0.2) is 18.3 Å². The molecule has 122 valence electrons. The van der Waals surface area contributed by atoms with Gasteiger partial charge in [-0.25, -0.2) is 4.98 Å². The molecular weight excluding hydrogens is 354 g/mol. The molecule has 1 unspecified atom stereocenters. The fraction of sp³-hybridized carbons (Fsp3) is 0.286. The molecule has 23 heavy (non-hydrogen) atoms. The summed E-state index contributed by atoms with van der Waals surface area (Å²) in [5, 5.41) is 8.57. The Bertz CT molecular complexity index is 753. The molecule has 0 radical (unpaired) electrons. The molecule has 2 heterocycles. The van der Waals surface area contributed by atoms with Gasteiger partial charge in [0.1, 0.15) is 10.8 Å². The number of hydrogen-bond donors (Lipinski definition) is 1. The van der Waals surface area contributed by atoms with Crippen LogP contribution in [0, 0.1) is 11.3 Å². The molecule has 1 N–H and O–H groups in total. The molecule has 0 fully saturated rings. The Morgan fingerprint density at radius 1 is 1.43 bits per heavy atom. The Labute approximate surface area is 139 Å². The number of rotatable bonds is 4. The van der Waals surface area contributed by atoms with Gasteiger partial charge in [-0.3, -0.25) is 0 Å². The highest BCUT2D eigenvalue weighted by molar-refractivity contribution is 6.34. The maximum Gasteiger partial charge on any atom is 0.432 e. The predicted octanol–water partition coefficient (Wildman–Crippen LogP) is 5.00. The summed E-state index contributed by atoms with van der Waals surface area (Å²) in [7, 11) is 0. The lowest BCUT2D eigenvalue weighted by molar-refractivity contribution is -0.140. The third kappa shape index (κ3) is 3.44. The number of hydrogen-bond acceptors (Lipinski definition) is 3. The second-order valence-corrected chi connectivity index (χ2v) is 5.14. The molecule has 0 aliphatic rings. The minimum absolute atomic E-state index is 0.0198. The number of nitrogens with zero attached hydrogens (tertiary/aromatic N) is 2. The fourth-order valence-corrected chi connectivity index (χ4v) is 2.63. The van der Waals surface area contributed by atoms with E-state index in [4.69, 9.17) is 27.9 Å². The van der Waals surface area contributed by atoms with E-state index in [2.05, 4.69) is 9.97 Å². The van der Waals surface area contributed by atoms with E-state index in [-0.39, 0.29) is 28.6 Å². The van der Waals surface area contributed by atoms with Crippen LogP contribution in [0.4, 0.5) is 13.2 Å². The van der Waals surface area contributed by atoms with E-state index in [1.165, 1.54) is 18.3 Å². The lowest BCUT2D eigenvalue weighted by Gasteiger charge is -2.12. The molecule has 0 aliphatic carbocycles. The standard InChI is InChI=1S/C14H10Cl2F3N3O/c1-2-23-8(6-20)9-10(15)12(14(17,18)19)22-11(9)7-4-3-5-21-13(7)16/h3-5,8,22H,2H2,1H3. The fourth-order valence-electron chi connectivity index (χ4n) is 2.07. The molecule has 1 atom stereocenters. The summed E-state index contributed by atoms with van der Waals surface area (Å²) in [4.78, 5) is 6.03. The number of H-pyrrole nitrogens is 1. The highest BCUT2D eigenvalue weighted by Gasteiger charge is 2.39. The molecule has 0 bridgehead atoms. The molecule has 0 saturated carbocycles. The Kier molecular flexibility index (Phi) is 5.19. The topological polar surface area (TPSA) is 61.7 Å². The van der Waals surface area contributed by atoms with Crippen LogP contribution in [0.1, 0.15) is 24.3 Å². The maximum absolute atomic E-state index is 13.1. The number of nitriles is 1. The van der Waals surface area contributed by atoms with Crippen LogP contribution in [0.25, 0.3) is 11.3 Å². The number of halogens is 5. The number of ether oxygens (including phenoxy) is 1. The lowest BCUT2D eigenvalue weighted by Crippen LogP contribution is -2.06. The largest absolute Gasteiger partial charge is 0.432 e. The van der Waals surface area contributed by atoms with E-state index in [0.717, 1.165) is 0 Å². The molecule has 2 aromatic rings. The average Bonchev–Trinajstić information content (AvgIpc) is 2.83. The van der Waals surface area contributed by atoms with Crippen LogP contribution in [-0.4, -0.2) is 16.6 Å². The van der Waals surface area contributed by atoms with Gasteiger partial charge in [-0.05, 0) is 19.1 Å². The summed E-state index contributed by atoms with van der Waals surface area (Å²) in [5.74, 6) is 0. The maximum atomic E-state index is 13.1. The third-order valence-corrected chi connectivity index (χ3v) is 3.69. The van der Waals surface area contributed by atoms with Crippen molar-refractivity contribution in [1.82, 2.24) is 9.97 Å². The molecule has 4 nitrogen and oxygen atoms in total. The third-order valence-electron chi connectivity index (χ3n) is 3.00. The monoisotopic (exact) mass is 363 g/mol. The van der Waals surface area contributed by atoms with Crippen molar-refractivity contribution in [2.45, 2.75) is 19.2 Å². The number of aromatic amines is 1. The quantitative estimate of drug-likeness (QED) is 0.777. The van der Waals surface area contributed by atoms with Gasteiger partial charge in [0.2, 0.25) is 0 Å². The van der Waals surface area contributed by atoms with Crippen molar-refractivity contribution in [3.63, 3.8) is 0 Å². The van der Waals surface area contributed by atoms with Crippen LogP contribution < -0.4 is 0 Å². The first-order valence-electron chi connectivity index (χ1n) is 6.41. The zero-order chi connectivity index (χ0) is 17.2. The molecule has 2 rings (SSSR count). The van der Waals surface area contributed by atoms with E-state index in [1.807, 2.05) is 0 Å². The van der Waals surface area contributed by atoms with Gasteiger partial charge in [0.15, 0.2) is 6.10 Å². The zero-order valence-corrected chi connectivity index (χ0v) is 13.2. The number of alkyl halides is 3. The van der Waals surface area contributed by atoms with E-state index in [1.54, 1.807) is 13.0 Å². The van der Waals surface area contributed by atoms with Gasteiger partial charge in [-0.1, -0.05) is 23.2 Å². The molecule has 2 aromatic heterocycles. The van der Waals surface area contributed by atoms with Crippen LogP contribution in [0.2, 0.25) is 10.2 Å². The summed E-state index contributed by atoms with van der Waals surface area (Å²) in [5.41, 5.74) is -1.12. The summed E-state index contributed by atoms with van der Waals surface area (Å²) in [6.07, 6.45) is -4.60. The van der Waals surface area contributed by atoms with Crippen LogP contribution in [0.5, 0.6) is 0 Å². The van der Waals surface area contributed by atoms with Gasteiger partial charge in [0, 0.05) is 23.9 Å². The SMILES string of the molecule is CCOC(C#N)c1c(-c2cccnc2Cl)[nH]c(C(F)(F)F)c1Cl. The molecule has 0 amide bonds. The first-order valence-corrected chi connectivity index (χ1v) is 7.17. The summed E-state index contributed by atoms with van der Waals surface area (Å²) < 4.78 is 44.6. The molecule has 9 heteroatoms. The Hall–Kier alpha value is -1.75. The molecule has 0 saturated heterocycles. The van der Waals surface area contributed by atoms with E-state index in [0.29, 0.717) is 0 Å². The Balaban J connectivity index is 2.75. The number of pyridine rings is 1. The summed E-state index contributed by atoms with van der Waals surface area (Å²) in [6.45, 7) is 1.74. The first-order chi connectivity index (χ1) is 10.8. The van der Waals surface area contributed by atoms with Gasteiger partial charge < -0.3 is 9.72 Å².